The Kier molecular flexibility index (Phi) is 8.47. The number of hydrogen-bond acceptors (Lipinski definition) is 4. The number of hydrogen-bond donors (Lipinski definition) is 1. The van der Waals surface area contributed by atoms with Crippen LogP contribution in [0.25, 0.3) is 0 Å². The molecule has 34 heavy (non-hydrogen) atoms. The van der Waals surface area contributed by atoms with Crippen LogP contribution in [0.3, 0.4) is 0 Å². The molecule has 6 nitrogen and oxygen atoms in total. The van der Waals surface area contributed by atoms with E-state index in [4.69, 9.17) is 27.9 Å². The molecule has 0 bridgehead atoms. The highest BCUT2D eigenvalue weighted by Crippen LogP contribution is 2.34. The summed E-state index contributed by atoms with van der Waals surface area (Å²) >= 11 is 12.3. The minimum atomic E-state index is -3.63. The third-order valence-corrected chi connectivity index (χ3v) is 7.31. The molecule has 0 unspecified atom stereocenters. The Morgan fingerprint density at radius 2 is 1.68 bits per heavy atom. The molecule has 0 fully saturated rings. The zero-order valence-corrected chi connectivity index (χ0v) is 21.4. The topological polar surface area (TPSA) is 75.7 Å². The van der Waals surface area contributed by atoms with Crippen molar-refractivity contribution in [3.63, 3.8) is 0 Å². The molecule has 0 radical (unpaired) electrons. The van der Waals surface area contributed by atoms with Crippen molar-refractivity contribution in [3.8, 4) is 5.75 Å². The van der Waals surface area contributed by atoms with Crippen LogP contribution in [0, 0.1) is 0 Å². The molecule has 3 aromatic rings. The number of rotatable bonds is 9. The molecule has 0 aromatic heterocycles. The molecule has 180 valence electrons. The first kappa shape index (κ1) is 25.9. The first-order valence-corrected chi connectivity index (χ1v) is 13.2. The van der Waals surface area contributed by atoms with Gasteiger partial charge in [0.05, 0.1) is 41.7 Å². The predicted octanol–water partition coefficient (Wildman–Crippen LogP) is 5.85. The number of nitrogens with one attached hydrogen (secondary N) is 1. The summed E-state index contributed by atoms with van der Waals surface area (Å²) in [6.45, 7) is 2.04. The second-order valence-corrected chi connectivity index (χ2v) is 10.4. The van der Waals surface area contributed by atoms with E-state index in [9.17, 15) is 13.2 Å². The van der Waals surface area contributed by atoms with Crippen molar-refractivity contribution in [1.29, 1.82) is 0 Å². The average Bonchev–Trinajstić information content (AvgIpc) is 2.82. The first-order chi connectivity index (χ1) is 16.1. The SMILES string of the molecule is CC[C@@H](NC(=O)c1ccc(CN(c2cccc(Cl)c2Cl)S(C)(=O)=O)cc1)c1ccc(OC)cc1. The van der Waals surface area contributed by atoms with Crippen LogP contribution in [0.2, 0.25) is 10.0 Å². The van der Waals surface area contributed by atoms with Gasteiger partial charge in [-0.25, -0.2) is 8.42 Å². The summed E-state index contributed by atoms with van der Waals surface area (Å²) in [6, 6.07) is 19.0. The highest BCUT2D eigenvalue weighted by Gasteiger charge is 2.22. The number of nitrogens with zero attached hydrogens (tertiary/aromatic N) is 1. The van der Waals surface area contributed by atoms with E-state index in [2.05, 4.69) is 5.32 Å². The van der Waals surface area contributed by atoms with Crippen LogP contribution in [0.4, 0.5) is 5.69 Å². The van der Waals surface area contributed by atoms with Crippen molar-refractivity contribution in [2.24, 2.45) is 0 Å². The maximum Gasteiger partial charge on any atom is 0.251 e. The fourth-order valence-electron chi connectivity index (χ4n) is 3.49. The first-order valence-electron chi connectivity index (χ1n) is 10.6. The van der Waals surface area contributed by atoms with Gasteiger partial charge in [-0.1, -0.05) is 60.5 Å². The van der Waals surface area contributed by atoms with E-state index in [0.717, 1.165) is 24.0 Å². The zero-order valence-electron chi connectivity index (χ0n) is 19.1. The minimum Gasteiger partial charge on any atom is -0.497 e. The Morgan fingerprint density at radius 1 is 1.03 bits per heavy atom. The van der Waals surface area contributed by atoms with Gasteiger partial charge in [-0.05, 0) is 53.9 Å². The predicted molar refractivity (Wildman–Crippen MR) is 137 cm³/mol. The van der Waals surface area contributed by atoms with Gasteiger partial charge in [0.25, 0.3) is 5.91 Å². The Bertz CT molecular complexity index is 1250. The summed E-state index contributed by atoms with van der Waals surface area (Å²) in [7, 11) is -2.03. The molecule has 1 N–H and O–H groups in total. The number of benzene rings is 3. The number of anilines is 1. The molecule has 0 saturated heterocycles. The number of carbonyl (C=O) groups excluding carboxylic acids is 1. The number of sulfonamides is 1. The van der Waals surface area contributed by atoms with Crippen molar-refractivity contribution in [2.45, 2.75) is 25.9 Å². The van der Waals surface area contributed by atoms with E-state index in [1.54, 1.807) is 49.6 Å². The van der Waals surface area contributed by atoms with E-state index >= 15 is 0 Å². The number of halogens is 2. The molecule has 0 heterocycles. The Hall–Kier alpha value is -2.74. The standard InChI is InChI=1S/C25H26Cl2N2O4S/c1-4-22(18-12-14-20(33-2)15-13-18)28-25(30)19-10-8-17(9-11-19)16-29(34(3,31)32)23-7-5-6-21(26)24(23)27/h5-15,22H,4,16H2,1-3H3,(H,28,30)/t22-/m1/s1. The average molecular weight is 521 g/mol. The fraction of sp³-hybridized carbons (Fsp3) is 0.240. The minimum absolute atomic E-state index is 0.0459. The largest absolute Gasteiger partial charge is 0.497 e. The Morgan fingerprint density at radius 3 is 2.24 bits per heavy atom. The summed E-state index contributed by atoms with van der Waals surface area (Å²) in [5.41, 5.74) is 2.45. The van der Waals surface area contributed by atoms with Crippen molar-refractivity contribution in [3.05, 3.63) is 93.5 Å². The van der Waals surface area contributed by atoms with Crippen LogP contribution >= 0.6 is 23.2 Å². The molecule has 0 spiro atoms. The molecule has 0 aliphatic rings. The molecule has 0 aliphatic carbocycles. The third-order valence-electron chi connectivity index (χ3n) is 5.37. The van der Waals surface area contributed by atoms with Crippen LogP contribution in [-0.4, -0.2) is 27.7 Å². The van der Waals surface area contributed by atoms with Gasteiger partial charge in [0.1, 0.15) is 5.75 Å². The lowest BCUT2D eigenvalue weighted by atomic mass is 10.0. The monoisotopic (exact) mass is 520 g/mol. The fourth-order valence-corrected chi connectivity index (χ4v) is 4.83. The lowest BCUT2D eigenvalue weighted by molar-refractivity contribution is 0.0935. The number of amides is 1. The second-order valence-electron chi connectivity index (χ2n) is 7.75. The molecule has 3 aromatic carbocycles. The summed E-state index contributed by atoms with van der Waals surface area (Å²) in [5, 5.41) is 3.47. The summed E-state index contributed by atoms with van der Waals surface area (Å²) in [6.07, 6.45) is 1.83. The smallest absolute Gasteiger partial charge is 0.251 e. The molecule has 0 saturated carbocycles. The van der Waals surface area contributed by atoms with Crippen LogP contribution in [-0.2, 0) is 16.6 Å². The number of methoxy groups -OCH3 is 1. The maximum atomic E-state index is 12.8. The van der Waals surface area contributed by atoms with E-state index in [1.807, 2.05) is 31.2 Å². The van der Waals surface area contributed by atoms with Crippen LogP contribution in [0.5, 0.6) is 5.75 Å². The van der Waals surface area contributed by atoms with Crippen molar-refractivity contribution in [2.75, 3.05) is 17.7 Å². The molecular weight excluding hydrogens is 495 g/mol. The van der Waals surface area contributed by atoms with Gasteiger partial charge < -0.3 is 10.1 Å². The van der Waals surface area contributed by atoms with Crippen molar-refractivity contribution in [1.82, 2.24) is 5.32 Å². The van der Waals surface area contributed by atoms with Gasteiger partial charge in [0.2, 0.25) is 10.0 Å². The Labute approximate surface area is 210 Å². The summed E-state index contributed by atoms with van der Waals surface area (Å²) < 4.78 is 31.3. The summed E-state index contributed by atoms with van der Waals surface area (Å²) in [5.74, 6) is 0.537. The lowest BCUT2D eigenvalue weighted by Crippen LogP contribution is -2.30. The van der Waals surface area contributed by atoms with Crippen molar-refractivity contribution >= 4 is 44.8 Å². The molecule has 9 heteroatoms. The maximum absolute atomic E-state index is 12.8. The van der Waals surface area contributed by atoms with E-state index in [0.29, 0.717) is 16.8 Å². The molecule has 1 amide bonds. The van der Waals surface area contributed by atoms with Gasteiger partial charge in [-0.15, -0.1) is 0 Å². The van der Waals surface area contributed by atoms with E-state index in [1.165, 1.54) is 4.31 Å². The van der Waals surface area contributed by atoms with E-state index in [-0.39, 0.29) is 28.5 Å². The molecular formula is C25H26Cl2N2O4S. The van der Waals surface area contributed by atoms with Gasteiger partial charge in [-0.2, -0.15) is 0 Å². The number of ether oxygens (including phenoxy) is 1. The van der Waals surface area contributed by atoms with Crippen LogP contribution < -0.4 is 14.4 Å². The third kappa shape index (κ3) is 6.23. The highest BCUT2D eigenvalue weighted by molar-refractivity contribution is 7.92. The van der Waals surface area contributed by atoms with E-state index < -0.39 is 10.0 Å². The quantitative estimate of drug-likeness (QED) is 0.383. The molecule has 0 aliphatic heterocycles. The van der Waals surface area contributed by atoms with Crippen molar-refractivity contribution < 1.29 is 17.9 Å². The van der Waals surface area contributed by atoms with Crippen LogP contribution in [0.1, 0.15) is 40.9 Å². The Balaban J connectivity index is 1.76. The normalized spacial score (nSPS) is 12.1. The summed E-state index contributed by atoms with van der Waals surface area (Å²) in [4.78, 5) is 12.8. The van der Waals surface area contributed by atoms with Crippen LogP contribution in [0.15, 0.2) is 66.7 Å². The lowest BCUT2D eigenvalue weighted by Gasteiger charge is -2.24. The zero-order chi connectivity index (χ0) is 24.9. The van der Waals surface area contributed by atoms with Gasteiger partial charge >= 0.3 is 0 Å². The van der Waals surface area contributed by atoms with Gasteiger partial charge in [-0.3, -0.25) is 9.10 Å². The van der Waals surface area contributed by atoms with Gasteiger partial charge in [0, 0.05) is 5.56 Å². The molecule has 3 rings (SSSR count). The number of carbonyl (C=O) groups is 1. The van der Waals surface area contributed by atoms with Gasteiger partial charge in [0.15, 0.2) is 0 Å². The highest BCUT2D eigenvalue weighted by atomic mass is 35.5. The second kappa shape index (κ2) is 11.1. The molecule has 1 atom stereocenters.